The highest BCUT2D eigenvalue weighted by Gasteiger charge is 2.01. The highest BCUT2D eigenvalue weighted by molar-refractivity contribution is 9.10. The summed E-state index contributed by atoms with van der Waals surface area (Å²) in [5.74, 6) is 0.549. The molecule has 0 saturated carbocycles. The number of carbonyl (C=O) groups excluding carboxylic acids is 1. The minimum Gasteiger partial charge on any atom is -0.484 e. The van der Waals surface area contributed by atoms with E-state index in [1.807, 2.05) is 24.3 Å². The lowest BCUT2D eigenvalue weighted by molar-refractivity contribution is -0.123. The lowest BCUT2D eigenvalue weighted by atomic mass is 10.3. The number of hydrogen-bond acceptors (Lipinski definition) is 4. The van der Waals surface area contributed by atoms with Crippen LogP contribution >= 0.6 is 15.9 Å². The summed E-state index contributed by atoms with van der Waals surface area (Å²) in [7, 11) is 1.66. The van der Waals surface area contributed by atoms with Gasteiger partial charge >= 0.3 is 0 Å². The summed E-state index contributed by atoms with van der Waals surface area (Å²) in [4.78, 5) is 11.5. The van der Waals surface area contributed by atoms with E-state index < -0.39 is 0 Å². The van der Waals surface area contributed by atoms with Gasteiger partial charge in [0.1, 0.15) is 5.75 Å². The normalized spacial score (nSPS) is 10.2. The maximum absolute atomic E-state index is 11.5. The second-order valence-corrected chi connectivity index (χ2v) is 4.75. The van der Waals surface area contributed by atoms with Gasteiger partial charge in [-0.2, -0.15) is 0 Å². The van der Waals surface area contributed by atoms with Crippen molar-refractivity contribution in [1.29, 1.82) is 0 Å². The summed E-state index contributed by atoms with van der Waals surface area (Å²) >= 11 is 3.33. The van der Waals surface area contributed by atoms with Crippen LogP contribution in [0.25, 0.3) is 0 Å². The zero-order valence-electron chi connectivity index (χ0n) is 10.9. The van der Waals surface area contributed by atoms with E-state index in [0.717, 1.165) is 11.0 Å². The molecule has 1 rings (SSSR count). The zero-order valence-corrected chi connectivity index (χ0v) is 12.5. The van der Waals surface area contributed by atoms with Crippen molar-refractivity contribution < 1.29 is 14.3 Å². The number of nitrogens with one attached hydrogen (secondary N) is 2. The van der Waals surface area contributed by atoms with E-state index in [-0.39, 0.29) is 12.5 Å². The molecule has 106 valence electrons. The highest BCUT2D eigenvalue weighted by Crippen LogP contribution is 2.15. The molecular formula is C13H19BrN2O3. The standard InChI is InChI=1S/C13H19BrN2O3/c1-18-9-8-15-6-7-16-13(17)10-19-12-4-2-11(14)3-5-12/h2-5,15H,6-10H2,1H3,(H,16,17). The fourth-order valence-corrected chi connectivity index (χ4v) is 1.58. The Kier molecular flexibility index (Phi) is 8.20. The molecule has 0 heterocycles. The molecule has 2 N–H and O–H groups in total. The van der Waals surface area contributed by atoms with Crippen LogP contribution < -0.4 is 15.4 Å². The Morgan fingerprint density at radius 2 is 1.95 bits per heavy atom. The maximum Gasteiger partial charge on any atom is 0.257 e. The lowest BCUT2D eigenvalue weighted by Gasteiger charge is -2.08. The van der Waals surface area contributed by atoms with Crippen LogP contribution in [0.1, 0.15) is 0 Å². The van der Waals surface area contributed by atoms with Crippen LogP contribution in [0.3, 0.4) is 0 Å². The van der Waals surface area contributed by atoms with Crippen molar-refractivity contribution in [2.75, 3.05) is 40.0 Å². The number of amides is 1. The second-order valence-electron chi connectivity index (χ2n) is 3.84. The Hall–Kier alpha value is -1.11. The molecule has 0 aliphatic rings. The molecule has 1 aromatic carbocycles. The summed E-state index contributed by atoms with van der Waals surface area (Å²) in [6.45, 7) is 2.77. The van der Waals surface area contributed by atoms with Crippen molar-refractivity contribution in [1.82, 2.24) is 10.6 Å². The number of rotatable bonds is 9. The third-order valence-electron chi connectivity index (χ3n) is 2.29. The number of benzene rings is 1. The molecule has 0 atom stereocenters. The minimum atomic E-state index is -0.128. The smallest absolute Gasteiger partial charge is 0.257 e. The summed E-state index contributed by atoms with van der Waals surface area (Å²) < 4.78 is 11.2. The van der Waals surface area contributed by atoms with Gasteiger partial charge in [0.05, 0.1) is 6.61 Å². The third-order valence-corrected chi connectivity index (χ3v) is 2.82. The predicted octanol–water partition coefficient (Wildman–Crippen LogP) is 1.18. The van der Waals surface area contributed by atoms with Gasteiger partial charge in [-0.25, -0.2) is 0 Å². The molecule has 6 heteroatoms. The van der Waals surface area contributed by atoms with Crippen molar-refractivity contribution in [3.63, 3.8) is 0 Å². The van der Waals surface area contributed by atoms with E-state index in [2.05, 4.69) is 26.6 Å². The summed E-state index contributed by atoms with van der Waals surface area (Å²) in [5, 5.41) is 5.90. The molecule has 0 aliphatic carbocycles. The van der Waals surface area contributed by atoms with Gasteiger partial charge in [-0.1, -0.05) is 15.9 Å². The number of halogens is 1. The molecule has 0 radical (unpaired) electrons. The first-order valence-corrected chi connectivity index (χ1v) is 6.86. The van der Waals surface area contributed by atoms with Gasteiger partial charge in [-0.05, 0) is 24.3 Å². The summed E-state index contributed by atoms with van der Waals surface area (Å²) in [5.41, 5.74) is 0. The first kappa shape index (κ1) is 15.9. The van der Waals surface area contributed by atoms with Gasteiger partial charge in [0.2, 0.25) is 0 Å². The fraction of sp³-hybridized carbons (Fsp3) is 0.462. The first-order chi connectivity index (χ1) is 9.22. The number of ether oxygens (including phenoxy) is 2. The van der Waals surface area contributed by atoms with E-state index >= 15 is 0 Å². The van der Waals surface area contributed by atoms with Crippen LogP contribution in [-0.4, -0.2) is 45.9 Å². The predicted molar refractivity (Wildman–Crippen MR) is 77.4 cm³/mol. The van der Waals surface area contributed by atoms with Crippen LogP contribution in [0.2, 0.25) is 0 Å². The lowest BCUT2D eigenvalue weighted by Crippen LogP contribution is -2.35. The number of hydrogen-bond donors (Lipinski definition) is 2. The van der Waals surface area contributed by atoms with Gasteiger partial charge in [-0.3, -0.25) is 4.79 Å². The fourth-order valence-electron chi connectivity index (χ4n) is 1.32. The molecule has 19 heavy (non-hydrogen) atoms. The van der Waals surface area contributed by atoms with Crippen LogP contribution in [0.15, 0.2) is 28.7 Å². The van der Waals surface area contributed by atoms with E-state index in [1.54, 1.807) is 7.11 Å². The summed E-state index contributed by atoms with van der Waals surface area (Å²) in [6, 6.07) is 7.35. The van der Waals surface area contributed by atoms with Crippen molar-refractivity contribution >= 4 is 21.8 Å². The summed E-state index contributed by atoms with van der Waals surface area (Å²) in [6.07, 6.45) is 0. The number of methoxy groups -OCH3 is 1. The van der Waals surface area contributed by atoms with Crippen molar-refractivity contribution in [2.45, 2.75) is 0 Å². The molecule has 0 bridgehead atoms. The highest BCUT2D eigenvalue weighted by atomic mass is 79.9. The van der Waals surface area contributed by atoms with Crippen molar-refractivity contribution in [2.24, 2.45) is 0 Å². The molecule has 1 aromatic rings. The average molecular weight is 331 g/mol. The monoisotopic (exact) mass is 330 g/mol. The molecule has 0 spiro atoms. The molecule has 0 unspecified atom stereocenters. The Balaban J connectivity index is 2.06. The SMILES string of the molecule is COCCNCCNC(=O)COc1ccc(Br)cc1. The molecular weight excluding hydrogens is 312 g/mol. The quantitative estimate of drug-likeness (QED) is 0.667. The Morgan fingerprint density at radius 3 is 2.63 bits per heavy atom. The molecule has 0 fully saturated rings. The largest absolute Gasteiger partial charge is 0.484 e. The van der Waals surface area contributed by atoms with Gasteiger partial charge < -0.3 is 20.1 Å². The Morgan fingerprint density at radius 1 is 1.21 bits per heavy atom. The van der Waals surface area contributed by atoms with E-state index in [9.17, 15) is 4.79 Å². The molecule has 0 aromatic heterocycles. The minimum absolute atomic E-state index is 0.0275. The van der Waals surface area contributed by atoms with Crippen LogP contribution in [0.4, 0.5) is 0 Å². The van der Waals surface area contributed by atoms with E-state index in [0.29, 0.717) is 25.4 Å². The molecule has 0 aliphatic heterocycles. The molecule has 1 amide bonds. The second kappa shape index (κ2) is 9.77. The number of carbonyl (C=O) groups is 1. The van der Waals surface area contributed by atoms with Gasteiger partial charge in [0.15, 0.2) is 6.61 Å². The maximum atomic E-state index is 11.5. The van der Waals surface area contributed by atoms with Crippen molar-refractivity contribution in [3.05, 3.63) is 28.7 Å². The van der Waals surface area contributed by atoms with Crippen LogP contribution in [0.5, 0.6) is 5.75 Å². The Labute approximate surface area is 121 Å². The first-order valence-electron chi connectivity index (χ1n) is 6.07. The van der Waals surface area contributed by atoms with Crippen LogP contribution in [0, 0.1) is 0 Å². The van der Waals surface area contributed by atoms with E-state index in [1.165, 1.54) is 0 Å². The van der Waals surface area contributed by atoms with Gasteiger partial charge in [0, 0.05) is 31.2 Å². The van der Waals surface area contributed by atoms with Gasteiger partial charge in [0.25, 0.3) is 5.91 Å². The Bertz CT molecular complexity index is 371. The zero-order chi connectivity index (χ0) is 13.9. The van der Waals surface area contributed by atoms with Gasteiger partial charge in [-0.15, -0.1) is 0 Å². The third kappa shape index (κ3) is 7.81. The average Bonchev–Trinajstić information content (AvgIpc) is 2.42. The van der Waals surface area contributed by atoms with Crippen molar-refractivity contribution in [3.8, 4) is 5.75 Å². The van der Waals surface area contributed by atoms with E-state index in [4.69, 9.17) is 9.47 Å². The van der Waals surface area contributed by atoms with Crippen LogP contribution in [-0.2, 0) is 9.53 Å². The molecule has 0 saturated heterocycles. The molecule has 5 nitrogen and oxygen atoms in total. The topological polar surface area (TPSA) is 59.6 Å².